The molecule has 1 unspecified atom stereocenters. The van der Waals surface area contributed by atoms with Gasteiger partial charge in [0, 0.05) is 6.54 Å². The van der Waals surface area contributed by atoms with Crippen molar-refractivity contribution in [1.82, 2.24) is 15.1 Å². The highest BCUT2D eigenvalue weighted by Crippen LogP contribution is 2.30. The molecule has 0 saturated carbocycles. The van der Waals surface area contributed by atoms with Gasteiger partial charge >= 0.3 is 0 Å². The molecule has 0 amide bonds. The molecule has 0 spiro atoms. The van der Waals surface area contributed by atoms with Crippen molar-refractivity contribution in [2.45, 2.75) is 46.3 Å². The van der Waals surface area contributed by atoms with E-state index in [1.165, 1.54) is 0 Å². The van der Waals surface area contributed by atoms with E-state index in [1.807, 2.05) is 18.5 Å². The number of nitrogens with zero attached hydrogens (tertiary/aromatic N) is 2. The van der Waals surface area contributed by atoms with E-state index in [4.69, 9.17) is 0 Å². The van der Waals surface area contributed by atoms with Crippen LogP contribution in [0.1, 0.15) is 39.8 Å². The Morgan fingerprint density at radius 2 is 2.22 bits per heavy atom. The van der Waals surface area contributed by atoms with Gasteiger partial charge in [0.1, 0.15) is 5.60 Å². The van der Waals surface area contributed by atoms with E-state index >= 15 is 0 Å². The SMILES string of the molecule is CCn1ncc(Br)c1C(C)(O)CCNCC(C)C. The van der Waals surface area contributed by atoms with Crippen LogP contribution < -0.4 is 5.32 Å². The Labute approximate surface area is 118 Å². The van der Waals surface area contributed by atoms with Crippen LogP contribution >= 0.6 is 15.9 Å². The van der Waals surface area contributed by atoms with Crippen LogP contribution in [-0.2, 0) is 12.1 Å². The summed E-state index contributed by atoms with van der Waals surface area (Å²) in [6, 6.07) is 0. The van der Waals surface area contributed by atoms with E-state index in [0.29, 0.717) is 12.3 Å². The molecule has 1 aromatic rings. The molecule has 0 bridgehead atoms. The summed E-state index contributed by atoms with van der Waals surface area (Å²) in [5, 5.41) is 18.2. The zero-order valence-corrected chi connectivity index (χ0v) is 13.3. The third-order valence-corrected chi connectivity index (χ3v) is 3.53. The molecule has 0 aliphatic rings. The molecule has 0 fully saturated rings. The van der Waals surface area contributed by atoms with Gasteiger partial charge in [-0.1, -0.05) is 13.8 Å². The van der Waals surface area contributed by atoms with Gasteiger partial charge in [-0.3, -0.25) is 4.68 Å². The average molecular weight is 318 g/mol. The van der Waals surface area contributed by atoms with E-state index in [9.17, 15) is 5.11 Å². The molecular weight excluding hydrogens is 294 g/mol. The highest BCUT2D eigenvalue weighted by atomic mass is 79.9. The topological polar surface area (TPSA) is 50.1 Å². The summed E-state index contributed by atoms with van der Waals surface area (Å²) in [4.78, 5) is 0. The fraction of sp³-hybridized carbons (Fsp3) is 0.769. The Kier molecular flexibility index (Phi) is 5.82. The maximum atomic E-state index is 10.6. The van der Waals surface area contributed by atoms with Crippen LogP contribution in [0, 0.1) is 5.92 Å². The summed E-state index contributed by atoms with van der Waals surface area (Å²) >= 11 is 3.46. The minimum Gasteiger partial charge on any atom is -0.384 e. The monoisotopic (exact) mass is 317 g/mol. The molecule has 5 heteroatoms. The van der Waals surface area contributed by atoms with Gasteiger partial charge in [-0.2, -0.15) is 5.10 Å². The maximum Gasteiger partial charge on any atom is 0.106 e. The first kappa shape index (κ1) is 15.7. The highest BCUT2D eigenvalue weighted by Gasteiger charge is 2.29. The quantitative estimate of drug-likeness (QED) is 0.760. The van der Waals surface area contributed by atoms with Gasteiger partial charge in [-0.05, 0) is 55.2 Å². The lowest BCUT2D eigenvalue weighted by Crippen LogP contribution is -2.31. The Hall–Kier alpha value is -0.390. The summed E-state index contributed by atoms with van der Waals surface area (Å²) in [5.41, 5.74) is -0.00802. The smallest absolute Gasteiger partial charge is 0.106 e. The van der Waals surface area contributed by atoms with E-state index in [0.717, 1.165) is 29.8 Å². The number of halogens is 1. The Morgan fingerprint density at radius 3 is 2.78 bits per heavy atom. The minimum atomic E-state index is -0.866. The number of aromatic nitrogens is 2. The molecule has 1 rings (SSSR count). The number of aryl methyl sites for hydroxylation is 1. The second-order valence-corrected chi connectivity index (χ2v) is 6.13. The predicted octanol–water partition coefficient (Wildman–Crippen LogP) is 2.51. The van der Waals surface area contributed by atoms with Crippen molar-refractivity contribution >= 4 is 15.9 Å². The van der Waals surface area contributed by atoms with Gasteiger partial charge in [0.2, 0.25) is 0 Å². The zero-order valence-electron chi connectivity index (χ0n) is 11.7. The lowest BCUT2D eigenvalue weighted by Gasteiger charge is -2.25. The second kappa shape index (κ2) is 6.68. The average Bonchev–Trinajstić information content (AvgIpc) is 2.66. The minimum absolute atomic E-state index is 0.628. The van der Waals surface area contributed by atoms with Crippen LogP contribution in [0.25, 0.3) is 0 Å². The molecule has 0 aliphatic carbocycles. The molecule has 0 saturated heterocycles. The summed E-state index contributed by atoms with van der Waals surface area (Å²) in [5.74, 6) is 0.628. The number of hydrogen-bond acceptors (Lipinski definition) is 3. The molecule has 0 aromatic carbocycles. The van der Waals surface area contributed by atoms with Crippen molar-refractivity contribution in [1.29, 1.82) is 0 Å². The molecule has 18 heavy (non-hydrogen) atoms. The summed E-state index contributed by atoms with van der Waals surface area (Å²) in [7, 11) is 0. The predicted molar refractivity (Wildman–Crippen MR) is 77.5 cm³/mol. The third kappa shape index (κ3) is 4.07. The van der Waals surface area contributed by atoms with Crippen LogP contribution in [-0.4, -0.2) is 28.0 Å². The molecule has 0 aliphatic heterocycles. The van der Waals surface area contributed by atoms with Gasteiger partial charge < -0.3 is 10.4 Å². The van der Waals surface area contributed by atoms with Crippen LogP contribution in [0.4, 0.5) is 0 Å². The summed E-state index contributed by atoms with van der Waals surface area (Å²) in [6.07, 6.45) is 2.42. The third-order valence-electron chi connectivity index (χ3n) is 2.95. The Morgan fingerprint density at radius 1 is 1.56 bits per heavy atom. The standard InChI is InChI=1S/C13H24BrN3O/c1-5-17-12(11(14)9-16-17)13(4,18)6-7-15-8-10(2)3/h9-10,15,18H,5-8H2,1-4H3. The van der Waals surface area contributed by atoms with Gasteiger partial charge in [-0.15, -0.1) is 0 Å². The molecule has 1 atom stereocenters. The number of rotatable bonds is 7. The summed E-state index contributed by atoms with van der Waals surface area (Å²) < 4.78 is 2.71. The van der Waals surface area contributed by atoms with Crippen molar-refractivity contribution in [3.63, 3.8) is 0 Å². The van der Waals surface area contributed by atoms with Gasteiger partial charge in [0.15, 0.2) is 0 Å². The first-order chi connectivity index (χ1) is 8.38. The highest BCUT2D eigenvalue weighted by molar-refractivity contribution is 9.10. The molecule has 0 radical (unpaired) electrons. The number of aliphatic hydroxyl groups is 1. The van der Waals surface area contributed by atoms with Crippen LogP contribution in [0.3, 0.4) is 0 Å². The summed E-state index contributed by atoms with van der Waals surface area (Å²) in [6.45, 7) is 10.8. The van der Waals surface area contributed by atoms with Gasteiger partial charge in [-0.25, -0.2) is 0 Å². The molecule has 1 heterocycles. The lowest BCUT2D eigenvalue weighted by atomic mass is 9.98. The van der Waals surface area contributed by atoms with Crippen molar-refractivity contribution in [2.75, 3.05) is 13.1 Å². The van der Waals surface area contributed by atoms with E-state index in [-0.39, 0.29) is 0 Å². The van der Waals surface area contributed by atoms with Crippen molar-refractivity contribution in [3.8, 4) is 0 Å². The Balaban J connectivity index is 2.64. The first-order valence-corrected chi connectivity index (χ1v) is 7.32. The van der Waals surface area contributed by atoms with Gasteiger partial charge in [0.25, 0.3) is 0 Å². The van der Waals surface area contributed by atoms with Crippen molar-refractivity contribution in [3.05, 3.63) is 16.4 Å². The second-order valence-electron chi connectivity index (χ2n) is 5.28. The first-order valence-electron chi connectivity index (χ1n) is 6.53. The van der Waals surface area contributed by atoms with E-state index in [1.54, 1.807) is 6.20 Å². The fourth-order valence-corrected chi connectivity index (χ4v) is 2.70. The Bertz CT molecular complexity index is 374. The van der Waals surface area contributed by atoms with E-state index in [2.05, 4.69) is 40.2 Å². The zero-order chi connectivity index (χ0) is 13.8. The fourth-order valence-electron chi connectivity index (χ4n) is 1.98. The molecule has 104 valence electrons. The number of nitrogens with one attached hydrogen (secondary N) is 1. The normalized spacial score (nSPS) is 15.1. The van der Waals surface area contributed by atoms with Crippen LogP contribution in [0.2, 0.25) is 0 Å². The number of hydrogen-bond donors (Lipinski definition) is 2. The van der Waals surface area contributed by atoms with Crippen molar-refractivity contribution < 1.29 is 5.11 Å². The van der Waals surface area contributed by atoms with Crippen molar-refractivity contribution in [2.24, 2.45) is 5.92 Å². The lowest BCUT2D eigenvalue weighted by molar-refractivity contribution is 0.0378. The van der Waals surface area contributed by atoms with Crippen LogP contribution in [0.15, 0.2) is 10.7 Å². The van der Waals surface area contributed by atoms with E-state index < -0.39 is 5.60 Å². The molecule has 1 aromatic heterocycles. The van der Waals surface area contributed by atoms with Crippen LogP contribution in [0.5, 0.6) is 0 Å². The molecule has 2 N–H and O–H groups in total. The maximum absolute atomic E-state index is 10.6. The molecule has 4 nitrogen and oxygen atoms in total. The molecular formula is C13H24BrN3O. The van der Waals surface area contributed by atoms with Gasteiger partial charge in [0.05, 0.1) is 16.4 Å². The largest absolute Gasteiger partial charge is 0.384 e.